The predicted molar refractivity (Wildman–Crippen MR) is 96.8 cm³/mol. The zero-order chi connectivity index (χ0) is 17.5. The maximum Gasteiger partial charge on any atom is 0.230 e. The summed E-state index contributed by atoms with van der Waals surface area (Å²) in [7, 11) is 3.27. The van der Waals surface area contributed by atoms with Crippen molar-refractivity contribution >= 4 is 40.3 Å². The van der Waals surface area contributed by atoms with Crippen LogP contribution in [-0.2, 0) is 20.8 Å². The van der Waals surface area contributed by atoms with Crippen LogP contribution in [0.25, 0.3) is 11.0 Å². The Morgan fingerprint density at radius 1 is 1.42 bits per heavy atom. The number of nitrogens with one attached hydrogen (secondary N) is 1. The summed E-state index contributed by atoms with van der Waals surface area (Å²) in [4.78, 5) is 16.6. The molecule has 0 aliphatic carbocycles. The van der Waals surface area contributed by atoms with E-state index in [-0.39, 0.29) is 17.7 Å². The summed E-state index contributed by atoms with van der Waals surface area (Å²) < 4.78 is 12.2. The number of thioether (sulfide) groups is 1. The molecule has 2 aromatic rings. The Morgan fingerprint density at radius 2 is 2.21 bits per heavy atom. The van der Waals surface area contributed by atoms with Gasteiger partial charge in [0.25, 0.3) is 0 Å². The first-order valence-electron chi connectivity index (χ1n) is 7.61. The Morgan fingerprint density at radius 3 is 2.92 bits per heavy atom. The highest BCUT2D eigenvalue weighted by atomic mass is 35.5. The van der Waals surface area contributed by atoms with Gasteiger partial charge in [-0.25, -0.2) is 4.98 Å². The molecule has 0 aliphatic rings. The van der Waals surface area contributed by atoms with Gasteiger partial charge < -0.3 is 19.4 Å². The van der Waals surface area contributed by atoms with Gasteiger partial charge in [-0.15, -0.1) is 0 Å². The number of benzene rings is 1. The van der Waals surface area contributed by atoms with Crippen LogP contribution in [0.2, 0.25) is 5.02 Å². The fraction of sp³-hybridized carbons (Fsp3) is 0.500. The quantitative estimate of drug-likeness (QED) is 0.686. The van der Waals surface area contributed by atoms with Crippen molar-refractivity contribution in [2.24, 2.45) is 0 Å². The number of halogens is 1. The van der Waals surface area contributed by atoms with Crippen molar-refractivity contribution in [3.8, 4) is 0 Å². The van der Waals surface area contributed by atoms with E-state index in [0.29, 0.717) is 24.8 Å². The minimum absolute atomic E-state index is 0.0192. The van der Waals surface area contributed by atoms with E-state index in [4.69, 9.17) is 21.1 Å². The van der Waals surface area contributed by atoms with E-state index in [9.17, 15) is 4.79 Å². The number of hydrogen-bond donors (Lipinski definition) is 1. The zero-order valence-corrected chi connectivity index (χ0v) is 15.6. The van der Waals surface area contributed by atoms with E-state index in [1.165, 1.54) is 11.8 Å². The third-order valence-electron chi connectivity index (χ3n) is 3.35. The summed E-state index contributed by atoms with van der Waals surface area (Å²) in [6.45, 7) is 3.63. The predicted octanol–water partition coefficient (Wildman–Crippen LogP) is 2.58. The minimum atomic E-state index is -0.0482. The van der Waals surface area contributed by atoms with Gasteiger partial charge in [0.1, 0.15) is 0 Å². The van der Waals surface area contributed by atoms with Gasteiger partial charge in [0.05, 0.1) is 30.0 Å². The standard InChI is InChI=1S/C16H22ClN3O3S/c1-11(9-23-3)18-15(21)10-24-16-19-13-8-12(17)4-5-14(13)20(16)6-7-22-2/h4-5,8,11H,6-7,9-10H2,1-3H3,(H,18,21). The first-order valence-corrected chi connectivity index (χ1v) is 8.97. The van der Waals surface area contributed by atoms with E-state index in [2.05, 4.69) is 10.3 Å². The maximum atomic E-state index is 12.0. The molecular weight excluding hydrogens is 350 g/mol. The number of ether oxygens (including phenoxy) is 2. The van der Waals surface area contributed by atoms with Crippen molar-refractivity contribution in [2.75, 3.05) is 33.2 Å². The summed E-state index contributed by atoms with van der Waals surface area (Å²) in [5.74, 6) is 0.242. The lowest BCUT2D eigenvalue weighted by atomic mass is 10.3. The van der Waals surface area contributed by atoms with Crippen LogP contribution < -0.4 is 5.32 Å². The SMILES string of the molecule is COCCn1c(SCC(=O)NC(C)COC)nc2cc(Cl)ccc21. The number of amides is 1. The van der Waals surface area contributed by atoms with Gasteiger partial charge >= 0.3 is 0 Å². The molecule has 0 saturated heterocycles. The molecule has 8 heteroatoms. The Labute approximate surface area is 150 Å². The number of aromatic nitrogens is 2. The van der Waals surface area contributed by atoms with Crippen molar-refractivity contribution in [3.63, 3.8) is 0 Å². The van der Waals surface area contributed by atoms with Crippen molar-refractivity contribution < 1.29 is 14.3 Å². The first-order chi connectivity index (χ1) is 11.5. The van der Waals surface area contributed by atoms with Crippen LogP contribution in [0.1, 0.15) is 6.92 Å². The molecular formula is C16H22ClN3O3S. The van der Waals surface area contributed by atoms with Crippen molar-refractivity contribution in [2.45, 2.75) is 24.7 Å². The average Bonchev–Trinajstić information content (AvgIpc) is 2.87. The van der Waals surface area contributed by atoms with Gasteiger partial charge in [-0.3, -0.25) is 4.79 Å². The monoisotopic (exact) mass is 371 g/mol. The lowest BCUT2D eigenvalue weighted by Gasteiger charge is -2.12. The Hall–Kier alpha value is -1.28. The smallest absolute Gasteiger partial charge is 0.230 e. The van der Waals surface area contributed by atoms with Gasteiger partial charge in [-0.05, 0) is 25.1 Å². The Kier molecular flexibility index (Phi) is 7.36. The van der Waals surface area contributed by atoms with Gasteiger partial charge in [-0.2, -0.15) is 0 Å². The van der Waals surface area contributed by atoms with Crippen LogP contribution in [0.5, 0.6) is 0 Å². The van der Waals surface area contributed by atoms with Crippen LogP contribution in [0.15, 0.2) is 23.4 Å². The summed E-state index contributed by atoms with van der Waals surface area (Å²) >= 11 is 7.44. The molecule has 0 bridgehead atoms. The normalized spacial score (nSPS) is 12.5. The summed E-state index contributed by atoms with van der Waals surface area (Å²) in [5, 5.41) is 4.31. The molecule has 1 heterocycles. The Balaban J connectivity index is 2.10. The van der Waals surface area contributed by atoms with E-state index >= 15 is 0 Å². The molecule has 0 radical (unpaired) electrons. The number of rotatable bonds is 9. The number of imidazole rings is 1. The summed E-state index contributed by atoms with van der Waals surface area (Å²) in [6.07, 6.45) is 0. The maximum absolute atomic E-state index is 12.0. The van der Waals surface area contributed by atoms with Crippen LogP contribution >= 0.6 is 23.4 Å². The number of hydrogen-bond acceptors (Lipinski definition) is 5. The average molecular weight is 372 g/mol. The van der Waals surface area contributed by atoms with E-state index in [0.717, 1.165) is 16.2 Å². The molecule has 1 atom stereocenters. The molecule has 1 N–H and O–H groups in total. The lowest BCUT2D eigenvalue weighted by molar-refractivity contribution is -0.119. The highest BCUT2D eigenvalue weighted by molar-refractivity contribution is 7.99. The number of nitrogens with zero attached hydrogens (tertiary/aromatic N) is 2. The molecule has 0 saturated carbocycles. The molecule has 24 heavy (non-hydrogen) atoms. The van der Waals surface area contributed by atoms with Crippen molar-refractivity contribution in [3.05, 3.63) is 23.2 Å². The topological polar surface area (TPSA) is 65.4 Å². The van der Waals surface area contributed by atoms with Crippen LogP contribution in [-0.4, -0.2) is 54.7 Å². The highest BCUT2D eigenvalue weighted by Gasteiger charge is 2.14. The fourth-order valence-electron chi connectivity index (χ4n) is 2.33. The number of carbonyl (C=O) groups is 1. The zero-order valence-electron chi connectivity index (χ0n) is 14.0. The number of methoxy groups -OCH3 is 2. The molecule has 2 rings (SSSR count). The second kappa shape index (κ2) is 9.27. The molecule has 1 aromatic carbocycles. The van der Waals surface area contributed by atoms with Gasteiger partial charge in [0.2, 0.25) is 5.91 Å². The molecule has 1 aromatic heterocycles. The fourth-order valence-corrected chi connectivity index (χ4v) is 3.35. The van der Waals surface area contributed by atoms with Crippen molar-refractivity contribution in [1.29, 1.82) is 0 Å². The third kappa shape index (κ3) is 5.11. The second-order valence-corrected chi connectivity index (χ2v) is 6.76. The van der Waals surface area contributed by atoms with Crippen LogP contribution in [0.4, 0.5) is 0 Å². The molecule has 132 valence electrons. The van der Waals surface area contributed by atoms with Crippen LogP contribution in [0.3, 0.4) is 0 Å². The van der Waals surface area contributed by atoms with E-state index in [1.807, 2.05) is 29.7 Å². The van der Waals surface area contributed by atoms with Gasteiger partial charge in [0.15, 0.2) is 5.16 Å². The highest BCUT2D eigenvalue weighted by Crippen LogP contribution is 2.26. The number of fused-ring (bicyclic) bond motifs is 1. The molecule has 6 nitrogen and oxygen atoms in total. The third-order valence-corrected chi connectivity index (χ3v) is 4.56. The summed E-state index contributed by atoms with van der Waals surface area (Å²) in [5.41, 5.74) is 1.79. The molecule has 1 amide bonds. The first kappa shape index (κ1) is 19.1. The molecule has 0 aliphatic heterocycles. The van der Waals surface area contributed by atoms with Gasteiger partial charge in [-0.1, -0.05) is 23.4 Å². The number of carbonyl (C=O) groups excluding carboxylic acids is 1. The molecule has 0 fully saturated rings. The van der Waals surface area contributed by atoms with Crippen LogP contribution in [0, 0.1) is 0 Å². The van der Waals surface area contributed by atoms with Crippen molar-refractivity contribution in [1.82, 2.24) is 14.9 Å². The lowest BCUT2D eigenvalue weighted by Crippen LogP contribution is -2.36. The summed E-state index contributed by atoms with van der Waals surface area (Å²) in [6, 6.07) is 5.58. The Bertz CT molecular complexity index is 693. The van der Waals surface area contributed by atoms with E-state index in [1.54, 1.807) is 14.2 Å². The molecule has 1 unspecified atom stereocenters. The molecule has 0 spiro atoms. The largest absolute Gasteiger partial charge is 0.383 e. The second-order valence-electron chi connectivity index (χ2n) is 5.38. The minimum Gasteiger partial charge on any atom is -0.383 e. The van der Waals surface area contributed by atoms with Gasteiger partial charge in [0, 0.05) is 31.8 Å². The van der Waals surface area contributed by atoms with E-state index < -0.39 is 0 Å².